The summed E-state index contributed by atoms with van der Waals surface area (Å²) < 4.78 is 5.36. The molecular weight excluding hydrogens is 402 g/mol. The molecule has 1 saturated heterocycles. The monoisotopic (exact) mass is 427 g/mol. The lowest BCUT2D eigenvalue weighted by Crippen LogP contribution is -2.47. The summed E-state index contributed by atoms with van der Waals surface area (Å²) in [7, 11) is 0. The average Bonchev–Trinajstić information content (AvgIpc) is 3.16. The summed E-state index contributed by atoms with van der Waals surface area (Å²) in [6, 6.07) is 15.1. The molecule has 2 unspecified atom stereocenters. The van der Waals surface area contributed by atoms with Crippen LogP contribution in [0.5, 0.6) is 0 Å². The van der Waals surface area contributed by atoms with E-state index in [0.29, 0.717) is 31.3 Å². The van der Waals surface area contributed by atoms with Crippen LogP contribution < -0.4 is 10.6 Å². The van der Waals surface area contributed by atoms with Gasteiger partial charge in [0.25, 0.3) is 0 Å². The minimum atomic E-state index is -0.426. The number of ether oxygens (including phenoxy) is 1. The number of hydrogen-bond acceptors (Lipinski definition) is 3. The lowest BCUT2D eigenvalue weighted by Gasteiger charge is -2.31. The maximum absolute atomic E-state index is 13.1. The summed E-state index contributed by atoms with van der Waals surface area (Å²) in [5, 5.41) is 6.67. The number of urea groups is 1. The Labute approximate surface area is 181 Å². The smallest absolute Gasteiger partial charge is 0.315 e. The van der Waals surface area contributed by atoms with E-state index in [1.807, 2.05) is 53.4 Å². The third-order valence-electron chi connectivity index (χ3n) is 5.78. The number of hydrogen-bond donors (Lipinski definition) is 2. The third-order valence-corrected chi connectivity index (χ3v) is 6.01. The van der Waals surface area contributed by atoms with Crippen molar-refractivity contribution in [2.75, 3.05) is 32.8 Å². The number of rotatable bonds is 5. The highest BCUT2D eigenvalue weighted by atomic mass is 35.5. The van der Waals surface area contributed by atoms with Crippen LogP contribution in [0.15, 0.2) is 48.5 Å². The second-order valence-electron chi connectivity index (χ2n) is 7.69. The van der Waals surface area contributed by atoms with Gasteiger partial charge in [0.1, 0.15) is 0 Å². The van der Waals surface area contributed by atoms with Crippen LogP contribution in [0.4, 0.5) is 4.79 Å². The molecule has 0 radical (unpaired) electrons. The summed E-state index contributed by atoms with van der Waals surface area (Å²) >= 11 is 6.07. The highest BCUT2D eigenvalue weighted by molar-refractivity contribution is 6.30. The van der Waals surface area contributed by atoms with Gasteiger partial charge in [0.15, 0.2) is 0 Å². The first-order valence-electron chi connectivity index (χ1n) is 10.4. The van der Waals surface area contributed by atoms with Crippen molar-refractivity contribution in [1.29, 1.82) is 0 Å². The van der Waals surface area contributed by atoms with Crippen molar-refractivity contribution < 1.29 is 14.3 Å². The summed E-state index contributed by atoms with van der Waals surface area (Å²) in [4.78, 5) is 27.6. The molecule has 0 spiro atoms. The fourth-order valence-electron chi connectivity index (χ4n) is 4.18. The Morgan fingerprint density at radius 2 is 1.90 bits per heavy atom. The van der Waals surface area contributed by atoms with Gasteiger partial charge in [0.05, 0.1) is 25.2 Å². The van der Waals surface area contributed by atoms with E-state index < -0.39 is 5.92 Å². The van der Waals surface area contributed by atoms with Crippen molar-refractivity contribution in [3.63, 3.8) is 0 Å². The maximum atomic E-state index is 13.1. The molecular formula is C23H26ClN3O3. The summed E-state index contributed by atoms with van der Waals surface area (Å²) in [6.45, 7) is 2.50. The molecule has 2 aromatic carbocycles. The minimum absolute atomic E-state index is 0.0191. The molecule has 1 heterocycles. The van der Waals surface area contributed by atoms with Crippen LogP contribution in [0.2, 0.25) is 5.02 Å². The van der Waals surface area contributed by atoms with Crippen molar-refractivity contribution in [3.05, 3.63) is 70.2 Å². The third kappa shape index (κ3) is 4.77. The molecule has 1 aliphatic carbocycles. The van der Waals surface area contributed by atoms with E-state index in [0.717, 1.165) is 24.0 Å². The first-order valence-corrected chi connectivity index (χ1v) is 10.7. The second-order valence-corrected chi connectivity index (χ2v) is 8.13. The van der Waals surface area contributed by atoms with Crippen LogP contribution in [-0.2, 0) is 16.0 Å². The van der Waals surface area contributed by atoms with E-state index in [9.17, 15) is 9.59 Å². The molecule has 2 N–H and O–H groups in total. The van der Waals surface area contributed by atoms with E-state index in [1.54, 1.807) is 0 Å². The molecule has 3 amide bonds. The molecule has 0 aromatic heterocycles. The van der Waals surface area contributed by atoms with E-state index in [1.165, 1.54) is 5.56 Å². The fourth-order valence-corrected chi connectivity index (χ4v) is 4.37. The zero-order valence-electron chi connectivity index (χ0n) is 16.8. The molecule has 1 fully saturated rings. The number of benzene rings is 2. The molecule has 7 heteroatoms. The van der Waals surface area contributed by atoms with E-state index in [4.69, 9.17) is 16.3 Å². The number of fused-ring (bicyclic) bond motifs is 1. The minimum Gasteiger partial charge on any atom is -0.378 e. The number of amides is 3. The van der Waals surface area contributed by atoms with Crippen molar-refractivity contribution >= 4 is 23.5 Å². The van der Waals surface area contributed by atoms with Crippen molar-refractivity contribution in [3.8, 4) is 0 Å². The van der Waals surface area contributed by atoms with Crippen LogP contribution in [0.1, 0.15) is 35.1 Å². The van der Waals surface area contributed by atoms with Crippen LogP contribution >= 0.6 is 11.6 Å². The fraction of sp³-hybridized carbons (Fsp3) is 0.391. The number of nitrogens with zero attached hydrogens (tertiary/aromatic N) is 1. The van der Waals surface area contributed by atoms with Crippen LogP contribution in [0.25, 0.3) is 0 Å². The van der Waals surface area contributed by atoms with Gasteiger partial charge in [0.2, 0.25) is 5.91 Å². The Balaban J connectivity index is 1.40. The molecule has 1 aliphatic heterocycles. The molecule has 0 bridgehead atoms. The normalized spacial score (nSPS) is 19.1. The van der Waals surface area contributed by atoms with E-state index in [-0.39, 0.29) is 24.5 Å². The molecule has 2 aromatic rings. The quantitative estimate of drug-likeness (QED) is 0.769. The SMILES string of the molecule is O=C(NCC(C(=O)N1CCOCC1)c1ccccc1)NC1CCc2cc(Cl)ccc21. The number of halogens is 1. The van der Waals surface area contributed by atoms with Gasteiger partial charge in [-0.25, -0.2) is 4.79 Å². The van der Waals surface area contributed by atoms with Gasteiger partial charge in [0, 0.05) is 24.7 Å². The van der Waals surface area contributed by atoms with Gasteiger partial charge in [-0.05, 0) is 41.7 Å². The zero-order valence-corrected chi connectivity index (χ0v) is 17.5. The van der Waals surface area contributed by atoms with Crippen molar-refractivity contribution in [2.45, 2.75) is 24.8 Å². The second kappa shape index (κ2) is 9.49. The van der Waals surface area contributed by atoms with Crippen LogP contribution in [0, 0.1) is 0 Å². The van der Waals surface area contributed by atoms with Gasteiger partial charge in [-0.1, -0.05) is 48.0 Å². The Morgan fingerprint density at radius 1 is 1.13 bits per heavy atom. The number of nitrogens with one attached hydrogen (secondary N) is 2. The van der Waals surface area contributed by atoms with E-state index >= 15 is 0 Å². The Morgan fingerprint density at radius 3 is 2.67 bits per heavy atom. The predicted molar refractivity (Wildman–Crippen MR) is 116 cm³/mol. The molecule has 2 atom stereocenters. The van der Waals surface area contributed by atoms with Crippen LogP contribution in [0.3, 0.4) is 0 Å². The number of morpholine rings is 1. The first-order chi connectivity index (χ1) is 14.6. The van der Waals surface area contributed by atoms with Crippen LogP contribution in [-0.4, -0.2) is 49.7 Å². The molecule has 2 aliphatic rings. The average molecular weight is 428 g/mol. The van der Waals surface area contributed by atoms with Crippen molar-refractivity contribution in [1.82, 2.24) is 15.5 Å². The summed E-state index contributed by atoms with van der Waals surface area (Å²) in [5.41, 5.74) is 3.19. The van der Waals surface area contributed by atoms with E-state index in [2.05, 4.69) is 10.6 Å². The standard InChI is InChI=1S/C23H26ClN3O3/c24-18-7-8-19-17(14-18)6-9-21(19)26-23(29)25-15-20(16-4-2-1-3-5-16)22(28)27-10-12-30-13-11-27/h1-5,7-8,14,20-21H,6,9-13,15H2,(H2,25,26,29). The highest BCUT2D eigenvalue weighted by Crippen LogP contribution is 2.32. The number of carbonyl (C=O) groups excluding carboxylic acids is 2. The first kappa shape index (κ1) is 20.7. The lowest BCUT2D eigenvalue weighted by atomic mass is 9.97. The summed E-state index contributed by atoms with van der Waals surface area (Å²) in [5.74, 6) is -0.407. The lowest BCUT2D eigenvalue weighted by molar-refractivity contribution is -0.136. The summed E-state index contributed by atoms with van der Waals surface area (Å²) in [6.07, 6.45) is 1.74. The molecule has 0 saturated carbocycles. The molecule has 6 nitrogen and oxygen atoms in total. The Hall–Kier alpha value is -2.57. The topological polar surface area (TPSA) is 70.7 Å². The van der Waals surface area contributed by atoms with Gasteiger partial charge in [-0.15, -0.1) is 0 Å². The van der Waals surface area contributed by atoms with Gasteiger partial charge < -0.3 is 20.3 Å². The maximum Gasteiger partial charge on any atom is 0.315 e. The molecule has 4 rings (SSSR count). The van der Waals surface area contributed by atoms with Crippen molar-refractivity contribution in [2.24, 2.45) is 0 Å². The molecule has 158 valence electrons. The van der Waals surface area contributed by atoms with Gasteiger partial charge >= 0.3 is 6.03 Å². The highest BCUT2D eigenvalue weighted by Gasteiger charge is 2.29. The molecule has 30 heavy (non-hydrogen) atoms. The van der Waals surface area contributed by atoms with Gasteiger partial charge in [-0.2, -0.15) is 0 Å². The number of aryl methyl sites for hydroxylation is 1. The van der Waals surface area contributed by atoms with Gasteiger partial charge in [-0.3, -0.25) is 4.79 Å². The predicted octanol–water partition coefficient (Wildman–Crippen LogP) is 3.27. The zero-order chi connectivity index (χ0) is 20.9. The number of carbonyl (C=O) groups is 2. The largest absolute Gasteiger partial charge is 0.378 e. The Kier molecular flexibility index (Phi) is 6.55. The Bertz CT molecular complexity index is 900.